The Labute approximate surface area is 81.6 Å². The molecule has 0 unspecified atom stereocenters. The second-order valence-electron chi connectivity index (χ2n) is 3.13. The van der Waals surface area contributed by atoms with Crippen LogP contribution in [0.2, 0.25) is 0 Å². The first-order valence-corrected chi connectivity index (χ1v) is 5.26. The minimum atomic E-state index is -4.17. The van der Waals surface area contributed by atoms with Gasteiger partial charge in [0.1, 0.15) is 0 Å². The van der Waals surface area contributed by atoms with Gasteiger partial charge < -0.3 is 0 Å². The molecule has 0 bridgehead atoms. The van der Waals surface area contributed by atoms with Crippen LogP contribution in [0.5, 0.6) is 0 Å². The van der Waals surface area contributed by atoms with Crippen molar-refractivity contribution in [3.05, 3.63) is 11.0 Å². The van der Waals surface area contributed by atoms with E-state index in [9.17, 15) is 13.2 Å². The molecule has 13 heavy (non-hydrogen) atoms. The molecular weight excluding hydrogens is 197 g/mol. The fourth-order valence-electron chi connectivity index (χ4n) is 0.755. The Hall–Kier alpha value is -0.120. The van der Waals surface area contributed by atoms with Crippen molar-refractivity contribution >= 4 is 11.8 Å². The van der Waals surface area contributed by atoms with Crippen molar-refractivity contribution in [2.24, 2.45) is 5.92 Å². The lowest BCUT2D eigenvalue weighted by Gasteiger charge is -2.10. The molecule has 0 aromatic carbocycles. The third-order valence-electron chi connectivity index (χ3n) is 1.35. The lowest BCUT2D eigenvalue weighted by atomic mass is 10.1. The molecule has 78 valence electrons. The quantitative estimate of drug-likeness (QED) is 0.672. The van der Waals surface area contributed by atoms with Crippen LogP contribution in [0.15, 0.2) is 11.0 Å². The average Bonchev–Trinajstić information content (AvgIpc) is 1.95. The topological polar surface area (TPSA) is 0 Å². The first kappa shape index (κ1) is 12.9. The summed E-state index contributed by atoms with van der Waals surface area (Å²) in [6.45, 7) is 5.53. The van der Waals surface area contributed by atoms with Gasteiger partial charge in [0.2, 0.25) is 0 Å². The van der Waals surface area contributed by atoms with Gasteiger partial charge in [-0.2, -0.15) is 13.2 Å². The predicted octanol–water partition coefficient (Wildman–Crippen LogP) is 4.23. The Morgan fingerprint density at radius 2 is 1.92 bits per heavy atom. The van der Waals surface area contributed by atoms with E-state index in [0.29, 0.717) is 12.2 Å². The first-order valence-electron chi connectivity index (χ1n) is 4.28. The number of alkyl halides is 3. The van der Waals surface area contributed by atoms with E-state index in [2.05, 4.69) is 0 Å². The summed E-state index contributed by atoms with van der Waals surface area (Å²) < 4.78 is 36.8. The molecule has 4 heteroatoms. The highest BCUT2D eigenvalue weighted by atomic mass is 32.2. The van der Waals surface area contributed by atoms with Gasteiger partial charge in [0, 0.05) is 0 Å². The monoisotopic (exact) mass is 212 g/mol. The third-order valence-corrected chi connectivity index (χ3v) is 2.35. The molecule has 0 radical (unpaired) electrons. The van der Waals surface area contributed by atoms with E-state index in [4.69, 9.17) is 0 Å². The van der Waals surface area contributed by atoms with Crippen LogP contribution in [0.1, 0.15) is 27.2 Å². The highest BCUT2D eigenvalue weighted by Crippen LogP contribution is 2.34. The predicted molar refractivity (Wildman–Crippen MR) is 51.7 cm³/mol. The van der Waals surface area contributed by atoms with Crippen molar-refractivity contribution in [1.82, 2.24) is 0 Å². The Morgan fingerprint density at radius 1 is 1.38 bits per heavy atom. The number of halogens is 3. The molecule has 0 amide bonds. The third kappa shape index (κ3) is 6.02. The van der Waals surface area contributed by atoms with E-state index in [0.717, 1.165) is 11.8 Å². The van der Waals surface area contributed by atoms with Crippen LogP contribution in [-0.4, -0.2) is 11.9 Å². The number of rotatable bonds is 4. The molecule has 0 nitrogen and oxygen atoms in total. The van der Waals surface area contributed by atoms with Gasteiger partial charge in [0.05, 0.1) is 4.91 Å². The van der Waals surface area contributed by atoms with E-state index in [1.807, 2.05) is 13.8 Å². The summed E-state index contributed by atoms with van der Waals surface area (Å²) in [6.07, 6.45) is -2.39. The zero-order valence-corrected chi connectivity index (χ0v) is 8.93. The first-order chi connectivity index (χ1) is 5.88. The van der Waals surface area contributed by atoms with Crippen molar-refractivity contribution in [2.45, 2.75) is 33.4 Å². The summed E-state index contributed by atoms with van der Waals surface area (Å²) in [5.41, 5.74) is 0. The largest absolute Gasteiger partial charge is 0.421 e. The van der Waals surface area contributed by atoms with Crippen LogP contribution in [0, 0.1) is 5.92 Å². The molecule has 0 heterocycles. The molecule has 0 spiro atoms. The molecule has 0 rings (SSSR count). The Bertz CT molecular complexity index is 170. The summed E-state index contributed by atoms with van der Waals surface area (Å²) >= 11 is 0.861. The van der Waals surface area contributed by atoms with Gasteiger partial charge in [0.15, 0.2) is 0 Å². The van der Waals surface area contributed by atoms with Crippen molar-refractivity contribution in [1.29, 1.82) is 0 Å². The van der Waals surface area contributed by atoms with Crippen LogP contribution in [0.4, 0.5) is 13.2 Å². The minimum absolute atomic E-state index is 0.273. The van der Waals surface area contributed by atoms with Gasteiger partial charge in [-0.3, -0.25) is 0 Å². The van der Waals surface area contributed by atoms with Gasteiger partial charge in [-0.25, -0.2) is 0 Å². The van der Waals surface area contributed by atoms with Crippen LogP contribution in [0.3, 0.4) is 0 Å². The molecule has 0 fully saturated rings. The van der Waals surface area contributed by atoms with Crippen LogP contribution in [-0.2, 0) is 0 Å². The maximum absolute atomic E-state index is 12.3. The zero-order valence-electron chi connectivity index (χ0n) is 8.11. The molecule has 0 saturated heterocycles. The number of hydrogen-bond donors (Lipinski definition) is 0. The van der Waals surface area contributed by atoms with Crippen LogP contribution in [0.25, 0.3) is 0 Å². The Morgan fingerprint density at radius 3 is 2.23 bits per heavy atom. The Kier molecular flexibility index (Phi) is 5.53. The fourth-order valence-corrected chi connectivity index (χ4v) is 1.44. The smallest absolute Gasteiger partial charge is 0.166 e. The van der Waals surface area contributed by atoms with Crippen molar-refractivity contribution < 1.29 is 13.2 Å². The van der Waals surface area contributed by atoms with E-state index < -0.39 is 11.1 Å². The van der Waals surface area contributed by atoms with E-state index in [-0.39, 0.29) is 5.92 Å². The lowest BCUT2D eigenvalue weighted by Crippen LogP contribution is -2.09. The molecule has 0 aromatic heterocycles. The highest BCUT2D eigenvalue weighted by molar-refractivity contribution is 8.03. The number of allylic oxidation sites excluding steroid dienone is 2. The molecule has 0 saturated carbocycles. The molecule has 0 aromatic rings. The molecule has 0 atom stereocenters. The van der Waals surface area contributed by atoms with Gasteiger partial charge >= 0.3 is 6.18 Å². The summed E-state index contributed by atoms with van der Waals surface area (Å²) in [6, 6.07) is 0. The lowest BCUT2D eigenvalue weighted by molar-refractivity contribution is -0.0838. The van der Waals surface area contributed by atoms with Crippen molar-refractivity contribution in [3.63, 3.8) is 0 Å². The van der Waals surface area contributed by atoms with Crippen molar-refractivity contribution in [3.8, 4) is 0 Å². The Balaban J connectivity index is 4.32. The molecule has 0 aliphatic rings. The average molecular weight is 212 g/mol. The fraction of sp³-hybridized carbons (Fsp3) is 0.778. The SMILES string of the molecule is CCS/C(=C/CC(C)C)C(F)(F)F. The second-order valence-corrected chi connectivity index (χ2v) is 4.43. The van der Waals surface area contributed by atoms with E-state index in [1.165, 1.54) is 6.08 Å². The molecule has 0 aliphatic carbocycles. The maximum atomic E-state index is 12.3. The molecule has 0 aliphatic heterocycles. The maximum Gasteiger partial charge on any atom is 0.421 e. The van der Waals surface area contributed by atoms with Gasteiger partial charge in [-0.05, 0) is 18.1 Å². The van der Waals surface area contributed by atoms with Gasteiger partial charge in [-0.1, -0.05) is 26.8 Å². The summed E-state index contributed by atoms with van der Waals surface area (Å²) in [7, 11) is 0. The normalized spacial score (nSPS) is 13.9. The zero-order chi connectivity index (χ0) is 10.5. The van der Waals surface area contributed by atoms with Gasteiger partial charge in [0.25, 0.3) is 0 Å². The minimum Gasteiger partial charge on any atom is -0.166 e. The molecular formula is C9H15F3S. The standard InChI is InChI=1S/C9H15F3S/c1-4-13-8(9(10,11)12)6-5-7(2)3/h6-7H,4-5H2,1-3H3/b8-6+. The van der Waals surface area contributed by atoms with Crippen LogP contribution >= 0.6 is 11.8 Å². The second kappa shape index (κ2) is 5.58. The summed E-state index contributed by atoms with van der Waals surface area (Å²) in [5.74, 6) is 0.735. The molecule has 0 N–H and O–H groups in total. The van der Waals surface area contributed by atoms with Gasteiger partial charge in [-0.15, -0.1) is 11.8 Å². The summed E-state index contributed by atoms with van der Waals surface area (Å²) in [5, 5.41) is 0. The summed E-state index contributed by atoms with van der Waals surface area (Å²) in [4.78, 5) is -0.455. The van der Waals surface area contributed by atoms with E-state index in [1.54, 1.807) is 6.92 Å². The number of hydrogen-bond acceptors (Lipinski definition) is 1. The number of thioether (sulfide) groups is 1. The highest BCUT2D eigenvalue weighted by Gasteiger charge is 2.33. The van der Waals surface area contributed by atoms with Crippen LogP contribution < -0.4 is 0 Å². The van der Waals surface area contributed by atoms with E-state index >= 15 is 0 Å². The van der Waals surface area contributed by atoms with Crippen molar-refractivity contribution in [2.75, 3.05) is 5.75 Å².